The van der Waals surface area contributed by atoms with Gasteiger partial charge in [0.15, 0.2) is 0 Å². The Balaban J connectivity index is 2.27. The molecular formula is C11H9F3N2S. The van der Waals surface area contributed by atoms with Gasteiger partial charge in [-0.3, -0.25) is 0 Å². The lowest BCUT2D eigenvalue weighted by molar-refractivity contribution is 0.501. The number of hydrogen-bond acceptors (Lipinski definition) is 3. The molecule has 1 unspecified atom stereocenters. The molecule has 0 bridgehead atoms. The third-order valence-corrected chi connectivity index (χ3v) is 3.09. The topological polar surface area (TPSA) is 38.9 Å². The molecule has 1 heterocycles. The molecule has 2 N–H and O–H groups in total. The minimum Gasteiger partial charge on any atom is -0.323 e. The highest BCUT2D eigenvalue weighted by molar-refractivity contribution is 7.09. The van der Waals surface area contributed by atoms with Gasteiger partial charge in [-0.1, -0.05) is 0 Å². The summed E-state index contributed by atoms with van der Waals surface area (Å²) in [6.45, 7) is 0. The van der Waals surface area contributed by atoms with Crippen LogP contribution in [0.4, 0.5) is 13.2 Å². The summed E-state index contributed by atoms with van der Waals surface area (Å²) < 4.78 is 39.5. The summed E-state index contributed by atoms with van der Waals surface area (Å²) in [4.78, 5) is 3.98. The number of thiazole rings is 1. The van der Waals surface area contributed by atoms with Crippen LogP contribution in [-0.4, -0.2) is 4.98 Å². The fourth-order valence-electron chi connectivity index (χ4n) is 1.55. The lowest BCUT2D eigenvalue weighted by Crippen LogP contribution is -2.17. The number of benzene rings is 1. The Morgan fingerprint density at radius 3 is 2.41 bits per heavy atom. The predicted octanol–water partition coefficient (Wildman–Crippen LogP) is 2.80. The maximum atomic E-state index is 13.4. The summed E-state index contributed by atoms with van der Waals surface area (Å²) >= 11 is 1.35. The highest BCUT2D eigenvalue weighted by Crippen LogP contribution is 2.23. The van der Waals surface area contributed by atoms with E-state index in [9.17, 15) is 13.2 Å². The Morgan fingerprint density at radius 1 is 1.24 bits per heavy atom. The zero-order valence-corrected chi connectivity index (χ0v) is 9.48. The van der Waals surface area contributed by atoms with Crippen LogP contribution in [-0.2, 0) is 6.42 Å². The average molecular weight is 258 g/mol. The molecule has 0 aliphatic heterocycles. The number of rotatable bonds is 3. The molecule has 1 aromatic heterocycles. The van der Waals surface area contributed by atoms with Gasteiger partial charge in [0, 0.05) is 41.7 Å². The van der Waals surface area contributed by atoms with E-state index in [0.29, 0.717) is 17.1 Å². The second-order valence-electron chi connectivity index (χ2n) is 3.52. The van der Waals surface area contributed by atoms with E-state index >= 15 is 0 Å². The molecule has 0 aliphatic rings. The van der Waals surface area contributed by atoms with Crippen LogP contribution in [0, 0.1) is 17.5 Å². The van der Waals surface area contributed by atoms with Gasteiger partial charge < -0.3 is 5.73 Å². The van der Waals surface area contributed by atoms with Crippen LogP contribution < -0.4 is 5.73 Å². The molecule has 0 saturated heterocycles. The molecule has 90 valence electrons. The Bertz CT molecular complexity index is 490. The first kappa shape index (κ1) is 12.1. The van der Waals surface area contributed by atoms with E-state index in [-0.39, 0.29) is 12.0 Å². The lowest BCUT2D eigenvalue weighted by atomic mass is 10.0. The van der Waals surface area contributed by atoms with Crippen molar-refractivity contribution in [1.29, 1.82) is 0 Å². The van der Waals surface area contributed by atoms with Gasteiger partial charge in [0.2, 0.25) is 0 Å². The summed E-state index contributed by atoms with van der Waals surface area (Å²) in [5.41, 5.74) is 5.40. The second-order valence-corrected chi connectivity index (χ2v) is 4.50. The van der Waals surface area contributed by atoms with Crippen LogP contribution in [0.3, 0.4) is 0 Å². The molecule has 0 amide bonds. The zero-order chi connectivity index (χ0) is 12.4. The quantitative estimate of drug-likeness (QED) is 0.919. The van der Waals surface area contributed by atoms with Gasteiger partial charge in [-0.15, -0.1) is 11.3 Å². The third kappa shape index (κ3) is 2.65. The largest absolute Gasteiger partial charge is 0.323 e. The lowest BCUT2D eigenvalue weighted by Gasteiger charge is -2.12. The van der Waals surface area contributed by atoms with Crippen LogP contribution in [0.5, 0.6) is 0 Å². The number of halogens is 3. The van der Waals surface area contributed by atoms with Gasteiger partial charge in [0.25, 0.3) is 0 Å². The Labute approximate surface area is 99.9 Å². The minimum absolute atomic E-state index is 0.219. The molecule has 0 saturated carbocycles. The van der Waals surface area contributed by atoms with Crippen molar-refractivity contribution in [3.8, 4) is 0 Å². The van der Waals surface area contributed by atoms with Crippen molar-refractivity contribution in [2.24, 2.45) is 5.73 Å². The summed E-state index contributed by atoms with van der Waals surface area (Å²) in [6.07, 6.45) is 1.81. The number of nitrogens with two attached hydrogens (primary N) is 1. The normalized spacial score (nSPS) is 12.7. The van der Waals surface area contributed by atoms with Gasteiger partial charge in [0.05, 0.1) is 5.01 Å². The smallest absolute Gasteiger partial charge is 0.133 e. The molecule has 2 rings (SSSR count). The maximum Gasteiger partial charge on any atom is 0.133 e. The van der Waals surface area contributed by atoms with Crippen molar-refractivity contribution >= 4 is 11.3 Å². The highest BCUT2D eigenvalue weighted by atomic mass is 32.1. The molecule has 1 atom stereocenters. The van der Waals surface area contributed by atoms with Crippen molar-refractivity contribution in [2.45, 2.75) is 12.5 Å². The predicted molar refractivity (Wildman–Crippen MR) is 59.1 cm³/mol. The maximum absolute atomic E-state index is 13.4. The van der Waals surface area contributed by atoms with Crippen molar-refractivity contribution in [3.63, 3.8) is 0 Å². The summed E-state index contributed by atoms with van der Waals surface area (Å²) in [6, 6.07) is 0.377. The summed E-state index contributed by atoms with van der Waals surface area (Å²) in [7, 11) is 0. The van der Waals surface area contributed by atoms with Gasteiger partial charge in [-0.2, -0.15) is 0 Å². The molecule has 1 aromatic carbocycles. The molecule has 0 fully saturated rings. The first-order chi connectivity index (χ1) is 8.08. The van der Waals surface area contributed by atoms with Crippen LogP contribution in [0.15, 0.2) is 23.7 Å². The molecule has 2 nitrogen and oxygen atoms in total. The molecule has 0 spiro atoms. The summed E-state index contributed by atoms with van der Waals surface area (Å²) in [5.74, 6) is -2.89. The van der Waals surface area contributed by atoms with Gasteiger partial charge in [-0.25, -0.2) is 18.2 Å². The molecule has 0 radical (unpaired) electrons. The van der Waals surface area contributed by atoms with Crippen LogP contribution in [0.1, 0.15) is 16.6 Å². The van der Waals surface area contributed by atoms with Gasteiger partial charge in [-0.05, 0) is 0 Å². The van der Waals surface area contributed by atoms with Crippen molar-refractivity contribution < 1.29 is 13.2 Å². The molecule has 2 aromatic rings. The van der Waals surface area contributed by atoms with Crippen molar-refractivity contribution in [1.82, 2.24) is 4.98 Å². The van der Waals surface area contributed by atoms with Crippen molar-refractivity contribution in [3.05, 3.63) is 51.7 Å². The van der Waals surface area contributed by atoms with E-state index in [0.717, 1.165) is 0 Å². The first-order valence-electron chi connectivity index (χ1n) is 4.86. The highest BCUT2D eigenvalue weighted by Gasteiger charge is 2.19. The number of aromatic nitrogens is 1. The third-order valence-electron chi connectivity index (χ3n) is 2.29. The van der Waals surface area contributed by atoms with Crippen molar-refractivity contribution in [2.75, 3.05) is 0 Å². The second kappa shape index (κ2) is 4.85. The van der Waals surface area contributed by atoms with E-state index in [1.165, 1.54) is 11.3 Å². The van der Waals surface area contributed by atoms with Gasteiger partial charge in [0.1, 0.15) is 17.5 Å². The van der Waals surface area contributed by atoms with E-state index in [1.807, 2.05) is 0 Å². The van der Waals surface area contributed by atoms with Crippen LogP contribution in [0.2, 0.25) is 0 Å². The Hall–Kier alpha value is -1.40. The zero-order valence-electron chi connectivity index (χ0n) is 8.66. The Morgan fingerprint density at radius 2 is 1.88 bits per heavy atom. The monoisotopic (exact) mass is 258 g/mol. The average Bonchev–Trinajstić information content (AvgIpc) is 2.68. The fraction of sp³-hybridized carbons (Fsp3) is 0.182. The molecule has 0 aliphatic carbocycles. The van der Waals surface area contributed by atoms with E-state index in [2.05, 4.69) is 4.98 Å². The minimum atomic E-state index is -0.966. The van der Waals surface area contributed by atoms with E-state index in [1.54, 1.807) is 11.6 Å². The number of nitrogens with zero attached hydrogens (tertiary/aromatic N) is 1. The Kier molecular flexibility index (Phi) is 3.44. The SMILES string of the molecule is NC(Cc1nccs1)c1c(F)cc(F)cc1F. The standard InChI is InChI=1S/C11H9F3N2S/c12-6-3-7(13)11(8(14)4-6)9(15)5-10-16-1-2-17-10/h1-4,9H,5,15H2. The molecular weight excluding hydrogens is 249 g/mol. The first-order valence-corrected chi connectivity index (χ1v) is 5.74. The van der Waals surface area contributed by atoms with E-state index < -0.39 is 23.5 Å². The number of hydrogen-bond donors (Lipinski definition) is 1. The van der Waals surface area contributed by atoms with E-state index in [4.69, 9.17) is 5.73 Å². The van der Waals surface area contributed by atoms with Gasteiger partial charge >= 0.3 is 0 Å². The molecule has 6 heteroatoms. The summed E-state index contributed by atoms with van der Waals surface area (Å²) in [5, 5.41) is 2.43. The van der Waals surface area contributed by atoms with Crippen LogP contribution >= 0.6 is 11.3 Å². The fourth-order valence-corrected chi connectivity index (χ4v) is 2.23. The van der Waals surface area contributed by atoms with Crippen LogP contribution in [0.25, 0.3) is 0 Å². The molecule has 17 heavy (non-hydrogen) atoms.